The molecular weight excluding hydrogens is 324 g/mol. The maximum atomic E-state index is 12.2. The highest BCUT2D eigenvalue weighted by atomic mass is 79.9. The largest absolute Gasteiger partial charge is 0.299 e. The van der Waals surface area contributed by atoms with Gasteiger partial charge in [-0.05, 0) is 28.0 Å². The Bertz CT molecular complexity index is 792. The molecule has 0 saturated carbocycles. The van der Waals surface area contributed by atoms with E-state index in [-0.39, 0.29) is 5.78 Å². The van der Waals surface area contributed by atoms with Crippen LogP contribution in [-0.2, 0) is 17.6 Å². The van der Waals surface area contributed by atoms with Crippen molar-refractivity contribution < 1.29 is 4.79 Å². The zero-order valence-corrected chi connectivity index (χ0v) is 13.1. The first-order chi connectivity index (χ1) is 10.2. The molecule has 0 N–H and O–H groups in total. The van der Waals surface area contributed by atoms with Gasteiger partial charge in [0.1, 0.15) is 5.78 Å². The summed E-state index contributed by atoms with van der Waals surface area (Å²) in [6, 6.07) is 22.3. The van der Waals surface area contributed by atoms with Crippen LogP contribution in [0.5, 0.6) is 0 Å². The lowest BCUT2D eigenvalue weighted by Gasteiger charge is -2.05. The van der Waals surface area contributed by atoms with Crippen LogP contribution in [0.25, 0.3) is 10.8 Å². The molecular formula is C19H15BrO. The van der Waals surface area contributed by atoms with Gasteiger partial charge in [0.15, 0.2) is 0 Å². The lowest BCUT2D eigenvalue weighted by Crippen LogP contribution is -2.07. The molecule has 0 atom stereocenters. The molecule has 3 aromatic carbocycles. The van der Waals surface area contributed by atoms with Crippen LogP contribution in [0.4, 0.5) is 0 Å². The number of fused-ring (bicyclic) bond motifs is 1. The molecule has 0 heterocycles. The Kier molecular flexibility index (Phi) is 4.16. The molecule has 0 fully saturated rings. The summed E-state index contributed by atoms with van der Waals surface area (Å²) in [4.78, 5) is 12.2. The Morgan fingerprint density at radius 1 is 0.810 bits per heavy atom. The van der Waals surface area contributed by atoms with E-state index < -0.39 is 0 Å². The van der Waals surface area contributed by atoms with E-state index in [1.165, 1.54) is 10.8 Å². The van der Waals surface area contributed by atoms with E-state index in [2.05, 4.69) is 40.2 Å². The van der Waals surface area contributed by atoms with Gasteiger partial charge >= 0.3 is 0 Å². The van der Waals surface area contributed by atoms with Crippen LogP contribution in [0.3, 0.4) is 0 Å². The minimum absolute atomic E-state index is 0.234. The molecule has 0 aliphatic carbocycles. The van der Waals surface area contributed by atoms with Crippen molar-refractivity contribution >= 4 is 32.5 Å². The Hall–Kier alpha value is -1.93. The molecule has 3 aromatic rings. The number of carbonyl (C=O) groups is 1. The van der Waals surface area contributed by atoms with Crippen LogP contribution in [0.2, 0.25) is 0 Å². The fourth-order valence-electron chi connectivity index (χ4n) is 2.49. The summed E-state index contributed by atoms with van der Waals surface area (Å²) in [7, 11) is 0. The summed E-state index contributed by atoms with van der Waals surface area (Å²) < 4.78 is 0.997. The predicted molar refractivity (Wildman–Crippen MR) is 90.5 cm³/mol. The van der Waals surface area contributed by atoms with Gasteiger partial charge in [0, 0.05) is 17.3 Å². The second kappa shape index (κ2) is 6.23. The Morgan fingerprint density at radius 2 is 1.52 bits per heavy atom. The van der Waals surface area contributed by atoms with Gasteiger partial charge in [0.2, 0.25) is 0 Å². The van der Waals surface area contributed by atoms with E-state index >= 15 is 0 Å². The van der Waals surface area contributed by atoms with E-state index in [1.807, 2.05) is 42.5 Å². The summed E-state index contributed by atoms with van der Waals surface area (Å²) in [6.07, 6.45) is 0.945. The van der Waals surface area contributed by atoms with E-state index in [1.54, 1.807) is 0 Å². The number of Topliss-reactive ketones (excluding diaryl/α,β-unsaturated/α-hetero) is 1. The van der Waals surface area contributed by atoms with Crippen LogP contribution in [-0.4, -0.2) is 5.78 Å². The molecule has 104 valence electrons. The molecule has 0 bridgehead atoms. The highest BCUT2D eigenvalue weighted by molar-refractivity contribution is 9.10. The van der Waals surface area contributed by atoms with Gasteiger partial charge in [0.25, 0.3) is 0 Å². The van der Waals surface area contributed by atoms with Crippen LogP contribution in [0.15, 0.2) is 71.2 Å². The van der Waals surface area contributed by atoms with Gasteiger partial charge in [-0.3, -0.25) is 4.79 Å². The third kappa shape index (κ3) is 3.40. The zero-order chi connectivity index (χ0) is 14.7. The zero-order valence-electron chi connectivity index (χ0n) is 11.6. The van der Waals surface area contributed by atoms with E-state index in [4.69, 9.17) is 0 Å². The number of rotatable bonds is 4. The SMILES string of the molecule is O=C(Cc1ccc2ccccc2c1)Cc1ccccc1Br. The first-order valence-corrected chi connectivity index (χ1v) is 7.74. The van der Waals surface area contributed by atoms with Crippen molar-refractivity contribution in [2.75, 3.05) is 0 Å². The van der Waals surface area contributed by atoms with Crippen molar-refractivity contribution in [3.8, 4) is 0 Å². The van der Waals surface area contributed by atoms with Crippen molar-refractivity contribution in [2.45, 2.75) is 12.8 Å². The molecule has 0 aliphatic heterocycles. The molecule has 0 spiro atoms. The van der Waals surface area contributed by atoms with Crippen molar-refractivity contribution in [3.05, 3.63) is 82.3 Å². The molecule has 0 aromatic heterocycles. The second-order valence-electron chi connectivity index (χ2n) is 5.17. The number of ketones is 1. The number of carbonyl (C=O) groups excluding carboxylic acids is 1. The molecule has 1 nitrogen and oxygen atoms in total. The van der Waals surface area contributed by atoms with Crippen LogP contribution in [0.1, 0.15) is 11.1 Å². The van der Waals surface area contributed by atoms with E-state index in [0.29, 0.717) is 12.8 Å². The standard InChI is InChI=1S/C19H15BrO/c20-19-8-4-3-7-17(19)13-18(21)12-14-9-10-15-5-1-2-6-16(15)11-14/h1-11H,12-13H2. The molecule has 0 unspecified atom stereocenters. The quantitative estimate of drug-likeness (QED) is 0.657. The summed E-state index contributed by atoms with van der Waals surface area (Å²) in [5.41, 5.74) is 2.12. The lowest BCUT2D eigenvalue weighted by molar-refractivity contribution is -0.117. The van der Waals surface area contributed by atoms with Crippen molar-refractivity contribution in [2.24, 2.45) is 0 Å². The summed E-state index contributed by atoms with van der Waals surface area (Å²) in [5.74, 6) is 0.234. The third-order valence-corrected chi connectivity index (χ3v) is 4.33. The average molecular weight is 339 g/mol. The van der Waals surface area contributed by atoms with Gasteiger partial charge in [-0.1, -0.05) is 76.6 Å². The van der Waals surface area contributed by atoms with E-state index in [0.717, 1.165) is 15.6 Å². The van der Waals surface area contributed by atoms with Gasteiger partial charge in [-0.25, -0.2) is 0 Å². The first-order valence-electron chi connectivity index (χ1n) is 6.95. The molecule has 0 saturated heterocycles. The third-order valence-electron chi connectivity index (χ3n) is 3.56. The number of hydrogen-bond acceptors (Lipinski definition) is 1. The summed E-state index contributed by atoms with van der Waals surface area (Å²) >= 11 is 3.49. The second-order valence-corrected chi connectivity index (χ2v) is 6.02. The highest BCUT2D eigenvalue weighted by Gasteiger charge is 2.08. The maximum absolute atomic E-state index is 12.2. The fraction of sp³-hybridized carbons (Fsp3) is 0.105. The molecule has 0 aliphatic rings. The predicted octanol–water partition coefficient (Wildman–Crippen LogP) is 4.96. The number of hydrogen-bond donors (Lipinski definition) is 0. The minimum Gasteiger partial charge on any atom is -0.299 e. The molecule has 2 heteroatoms. The minimum atomic E-state index is 0.234. The van der Waals surface area contributed by atoms with Crippen molar-refractivity contribution in [3.63, 3.8) is 0 Å². The molecule has 0 amide bonds. The smallest absolute Gasteiger partial charge is 0.141 e. The average Bonchev–Trinajstić information content (AvgIpc) is 2.49. The van der Waals surface area contributed by atoms with Gasteiger partial charge < -0.3 is 0 Å². The molecule has 21 heavy (non-hydrogen) atoms. The summed E-state index contributed by atoms with van der Waals surface area (Å²) in [6.45, 7) is 0. The lowest BCUT2D eigenvalue weighted by atomic mass is 10.0. The van der Waals surface area contributed by atoms with Crippen molar-refractivity contribution in [1.29, 1.82) is 0 Å². The number of halogens is 1. The van der Waals surface area contributed by atoms with Crippen LogP contribution in [0, 0.1) is 0 Å². The van der Waals surface area contributed by atoms with Gasteiger partial charge in [0.05, 0.1) is 0 Å². The number of benzene rings is 3. The topological polar surface area (TPSA) is 17.1 Å². The normalized spacial score (nSPS) is 10.7. The maximum Gasteiger partial charge on any atom is 0.141 e. The highest BCUT2D eigenvalue weighted by Crippen LogP contribution is 2.19. The van der Waals surface area contributed by atoms with Crippen LogP contribution >= 0.6 is 15.9 Å². The Balaban J connectivity index is 1.75. The van der Waals surface area contributed by atoms with E-state index in [9.17, 15) is 4.79 Å². The molecule has 0 radical (unpaired) electrons. The first kappa shape index (κ1) is 14.0. The Labute approximate surface area is 132 Å². The summed E-state index contributed by atoms with van der Waals surface area (Å²) in [5, 5.41) is 2.39. The Morgan fingerprint density at radius 3 is 2.33 bits per heavy atom. The fourth-order valence-corrected chi connectivity index (χ4v) is 2.92. The van der Waals surface area contributed by atoms with Gasteiger partial charge in [-0.15, -0.1) is 0 Å². The monoisotopic (exact) mass is 338 g/mol. The van der Waals surface area contributed by atoms with Gasteiger partial charge in [-0.2, -0.15) is 0 Å². The van der Waals surface area contributed by atoms with Crippen molar-refractivity contribution in [1.82, 2.24) is 0 Å². The molecule has 3 rings (SSSR count). The van der Waals surface area contributed by atoms with Crippen LogP contribution < -0.4 is 0 Å².